The van der Waals surface area contributed by atoms with Gasteiger partial charge in [0.05, 0.1) is 6.04 Å². The van der Waals surface area contributed by atoms with Crippen molar-refractivity contribution in [3.63, 3.8) is 0 Å². The molecule has 118 valence electrons. The van der Waals surface area contributed by atoms with E-state index < -0.39 is 0 Å². The Bertz CT molecular complexity index is 472. The fourth-order valence-electron chi connectivity index (χ4n) is 1.73. The van der Waals surface area contributed by atoms with Gasteiger partial charge in [0.1, 0.15) is 6.61 Å². The lowest BCUT2D eigenvalue weighted by molar-refractivity contribution is -0.126. The summed E-state index contributed by atoms with van der Waals surface area (Å²) in [6, 6.07) is 6.02. The largest absolute Gasteiger partial charge is 0.489 e. The first kappa shape index (κ1) is 17.4. The van der Waals surface area contributed by atoms with E-state index in [1.807, 2.05) is 39.6 Å². The number of carbonyl (C=O) groups is 1. The third-order valence-corrected chi connectivity index (χ3v) is 3.08. The zero-order valence-electron chi connectivity index (χ0n) is 13.4. The van der Waals surface area contributed by atoms with Gasteiger partial charge in [-0.05, 0) is 46.9 Å². The number of hydrogen-bond acceptors (Lipinski definition) is 3. The van der Waals surface area contributed by atoms with Gasteiger partial charge in [-0.15, -0.1) is 0 Å². The molecule has 1 amide bonds. The molecule has 5 heteroatoms. The Morgan fingerprint density at radius 1 is 1.38 bits per heavy atom. The van der Waals surface area contributed by atoms with Crippen LogP contribution in [0.3, 0.4) is 0 Å². The second-order valence-electron chi connectivity index (χ2n) is 6.17. The SMILES string of the molecule is CC(C(=O)NC(C)(C)C)N(C)CCOc1ccccc1F. The van der Waals surface area contributed by atoms with Gasteiger partial charge in [-0.3, -0.25) is 9.69 Å². The third-order valence-electron chi connectivity index (χ3n) is 3.08. The lowest BCUT2D eigenvalue weighted by Crippen LogP contribution is -2.50. The molecule has 0 aliphatic heterocycles. The van der Waals surface area contributed by atoms with Gasteiger partial charge in [0, 0.05) is 12.1 Å². The molecule has 21 heavy (non-hydrogen) atoms. The Labute approximate surface area is 126 Å². The Kier molecular flexibility index (Phi) is 6.15. The van der Waals surface area contributed by atoms with Crippen LogP contribution < -0.4 is 10.1 Å². The zero-order valence-corrected chi connectivity index (χ0v) is 13.4. The Balaban J connectivity index is 2.41. The summed E-state index contributed by atoms with van der Waals surface area (Å²) in [4.78, 5) is 13.9. The van der Waals surface area contributed by atoms with E-state index in [4.69, 9.17) is 4.74 Å². The lowest BCUT2D eigenvalue weighted by atomic mass is 10.1. The van der Waals surface area contributed by atoms with Crippen LogP contribution >= 0.6 is 0 Å². The molecule has 0 fully saturated rings. The molecule has 0 bridgehead atoms. The molecule has 0 aliphatic rings. The Morgan fingerprint density at radius 2 is 2.00 bits per heavy atom. The minimum atomic E-state index is -0.376. The van der Waals surface area contributed by atoms with E-state index in [0.29, 0.717) is 13.2 Å². The number of likely N-dealkylation sites (N-methyl/N-ethyl adjacent to an activating group) is 1. The molecule has 0 aromatic heterocycles. The molecule has 0 aliphatic carbocycles. The van der Waals surface area contributed by atoms with Gasteiger partial charge in [-0.1, -0.05) is 12.1 Å². The smallest absolute Gasteiger partial charge is 0.237 e. The second-order valence-corrected chi connectivity index (χ2v) is 6.17. The predicted molar refractivity (Wildman–Crippen MR) is 81.9 cm³/mol. The van der Waals surface area contributed by atoms with Gasteiger partial charge in [-0.2, -0.15) is 0 Å². The highest BCUT2D eigenvalue weighted by atomic mass is 19.1. The van der Waals surface area contributed by atoms with Gasteiger partial charge >= 0.3 is 0 Å². The maximum atomic E-state index is 13.4. The molecule has 0 heterocycles. The molecule has 1 aromatic rings. The molecule has 0 saturated heterocycles. The van der Waals surface area contributed by atoms with Crippen LogP contribution in [0.25, 0.3) is 0 Å². The molecular formula is C16H25FN2O2. The molecule has 1 atom stereocenters. The van der Waals surface area contributed by atoms with E-state index in [-0.39, 0.29) is 29.1 Å². The van der Waals surface area contributed by atoms with Crippen LogP contribution in [0, 0.1) is 5.82 Å². The number of carbonyl (C=O) groups excluding carboxylic acids is 1. The number of para-hydroxylation sites is 1. The van der Waals surface area contributed by atoms with Crippen molar-refractivity contribution in [2.75, 3.05) is 20.2 Å². The molecule has 1 rings (SSSR count). The van der Waals surface area contributed by atoms with E-state index >= 15 is 0 Å². The van der Waals surface area contributed by atoms with Crippen molar-refractivity contribution in [3.05, 3.63) is 30.1 Å². The van der Waals surface area contributed by atoms with E-state index in [0.717, 1.165) is 0 Å². The number of hydrogen-bond donors (Lipinski definition) is 1. The molecule has 1 aromatic carbocycles. The molecule has 0 spiro atoms. The molecule has 0 radical (unpaired) electrons. The van der Waals surface area contributed by atoms with E-state index in [2.05, 4.69) is 5.32 Å². The predicted octanol–water partition coefficient (Wildman–Crippen LogP) is 2.44. The summed E-state index contributed by atoms with van der Waals surface area (Å²) >= 11 is 0. The van der Waals surface area contributed by atoms with Crippen molar-refractivity contribution >= 4 is 5.91 Å². The lowest BCUT2D eigenvalue weighted by Gasteiger charge is -2.28. The fourth-order valence-corrected chi connectivity index (χ4v) is 1.73. The standard InChI is InChI=1S/C16H25FN2O2/c1-12(15(20)18-16(2,3)4)19(5)10-11-21-14-9-7-6-8-13(14)17/h6-9,12H,10-11H2,1-5H3,(H,18,20). The number of nitrogens with one attached hydrogen (secondary N) is 1. The van der Waals surface area contributed by atoms with Crippen LogP contribution in [0.5, 0.6) is 5.75 Å². The van der Waals surface area contributed by atoms with Crippen LogP contribution in [0.4, 0.5) is 4.39 Å². The highest BCUT2D eigenvalue weighted by Crippen LogP contribution is 2.15. The highest BCUT2D eigenvalue weighted by Gasteiger charge is 2.22. The number of halogens is 1. The van der Waals surface area contributed by atoms with Gasteiger partial charge in [0.2, 0.25) is 5.91 Å². The van der Waals surface area contributed by atoms with Crippen LogP contribution in [0.2, 0.25) is 0 Å². The normalized spacial score (nSPS) is 13.1. The summed E-state index contributed by atoms with van der Waals surface area (Å²) in [7, 11) is 1.84. The number of ether oxygens (including phenoxy) is 1. The Hall–Kier alpha value is -1.62. The first-order valence-corrected chi connectivity index (χ1v) is 7.10. The number of amides is 1. The number of rotatable bonds is 6. The third kappa shape index (κ3) is 6.12. The molecule has 4 nitrogen and oxygen atoms in total. The second kappa shape index (κ2) is 7.41. The van der Waals surface area contributed by atoms with Gasteiger partial charge in [0.15, 0.2) is 11.6 Å². The number of benzene rings is 1. The van der Waals surface area contributed by atoms with Crippen LogP contribution in [-0.4, -0.2) is 42.6 Å². The van der Waals surface area contributed by atoms with Crippen molar-refractivity contribution in [2.24, 2.45) is 0 Å². The summed E-state index contributed by atoms with van der Waals surface area (Å²) in [5.74, 6) is -0.174. The summed E-state index contributed by atoms with van der Waals surface area (Å²) in [6.45, 7) is 8.53. The fraction of sp³-hybridized carbons (Fsp3) is 0.562. The van der Waals surface area contributed by atoms with Crippen molar-refractivity contribution in [3.8, 4) is 5.75 Å². The Morgan fingerprint density at radius 3 is 2.57 bits per heavy atom. The molecular weight excluding hydrogens is 271 g/mol. The average Bonchev–Trinajstić information content (AvgIpc) is 2.38. The number of nitrogens with zero attached hydrogens (tertiary/aromatic N) is 1. The van der Waals surface area contributed by atoms with Gasteiger partial charge in [-0.25, -0.2) is 4.39 Å². The maximum absolute atomic E-state index is 13.4. The van der Waals surface area contributed by atoms with Gasteiger partial charge < -0.3 is 10.1 Å². The minimum Gasteiger partial charge on any atom is -0.489 e. The first-order chi connectivity index (χ1) is 9.70. The molecule has 1 N–H and O–H groups in total. The molecule has 1 unspecified atom stereocenters. The van der Waals surface area contributed by atoms with E-state index in [1.54, 1.807) is 18.2 Å². The average molecular weight is 296 g/mol. The zero-order chi connectivity index (χ0) is 16.0. The van der Waals surface area contributed by atoms with Crippen molar-refractivity contribution < 1.29 is 13.9 Å². The van der Waals surface area contributed by atoms with Crippen LogP contribution in [0.15, 0.2) is 24.3 Å². The first-order valence-electron chi connectivity index (χ1n) is 7.10. The van der Waals surface area contributed by atoms with E-state index in [9.17, 15) is 9.18 Å². The highest BCUT2D eigenvalue weighted by molar-refractivity contribution is 5.81. The molecule has 0 saturated carbocycles. The summed E-state index contributed by atoms with van der Waals surface area (Å²) in [5.41, 5.74) is -0.254. The maximum Gasteiger partial charge on any atom is 0.237 e. The van der Waals surface area contributed by atoms with Crippen LogP contribution in [0.1, 0.15) is 27.7 Å². The van der Waals surface area contributed by atoms with Crippen molar-refractivity contribution in [1.29, 1.82) is 0 Å². The topological polar surface area (TPSA) is 41.6 Å². The van der Waals surface area contributed by atoms with Crippen molar-refractivity contribution in [1.82, 2.24) is 10.2 Å². The van der Waals surface area contributed by atoms with E-state index in [1.165, 1.54) is 6.07 Å². The monoisotopic (exact) mass is 296 g/mol. The van der Waals surface area contributed by atoms with Crippen molar-refractivity contribution in [2.45, 2.75) is 39.3 Å². The van der Waals surface area contributed by atoms with Gasteiger partial charge in [0.25, 0.3) is 0 Å². The summed E-state index contributed by atoms with van der Waals surface area (Å²) in [6.07, 6.45) is 0. The van der Waals surface area contributed by atoms with Crippen LogP contribution in [-0.2, 0) is 4.79 Å². The summed E-state index contributed by atoms with van der Waals surface area (Å²) < 4.78 is 18.8. The quantitative estimate of drug-likeness (QED) is 0.876. The minimum absolute atomic E-state index is 0.0316. The summed E-state index contributed by atoms with van der Waals surface area (Å²) in [5, 5.41) is 2.94.